The predicted octanol–water partition coefficient (Wildman–Crippen LogP) is 2.74. The van der Waals surface area contributed by atoms with Crippen molar-refractivity contribution in [2.75, 3.05) is 17.6 Å². The monoisotopic (exact) mass is 306 g/mol. The summed E-state index contributed by atoms with van der Waals surface area (Å²) in [5.74, 6) is 0.992. The number of thioether (sulfide) groups is 1. The SMILES string of the molecule is CCSc1cccc(NCCn2cccn2)c1C(N)=S. The molecule has 20 heavy (non-hydrogen) atoms. The minimum absolute atomic E-state index is 0.433. The van der Waals surface area contributed by atoms with Crippen LogP contribution in [0.3, 0.4) is 0 Å². The van der Waals surface area contributed by atoms with Crippen molar-refractivity contribution in [1.82, 2.24) is 9.78 Å². The summed E-state index contributed by atoms with van der Waals surface area (Å²) >= 11 is 6.94. The van der Waals surface area contributed by atoms with E-state index in [2.05, 4.69) is 23.4 Å². The topological polar surface area (TPSA) is 55.9 Å². The highest BCUT2D eigenvalue weighted by Gasteiger charge is 2.10. The first kappa shape index (κ1) is 14.9. The maximum atomic E-state index is 5.87. The highest BCUT2D eigenvalue weighted by atomic mass is 32.2. The van der Waals surface area contributed by atoms with Gasteiger partial charge in [0.1, 0.15) is 4.99 Å². The largest absolute Gasteiger partial charge is 0.389 e. The number of rotatable bonds is 7. The van der Waals surface area contributed by atoms with E-state index in [0.29, 0.717) is 4.99 Å². The molecule has 0 bridgehead atoms. The molecule has 2 aromatic rings. The van der Waals surface area contributed by atoms with Crippen molar-refractivity contribution in [3.8, 4) is 0 Å². The Bertz CT molecular complexity index is 567. The normalized spacial score (nSPS) is 10.4. The average molecular weight is 306 g/mol. The lowest BCUT2D eigenvalue weighted by atomic mass is 10.1. The second-order valence-electron chi connectivity index (χ2n) is 4.17. The number of hydrogen-bond donors (Lipinski definition) is 2. The number of nitrogens with one attached hydrogen (secondary N) is 1. The molecule has 0 spiro atoms. The third-order valence-corrected chi connectivity index (χ3v) is 3.93. The van der Waals surface area contributed by atoms with Gasteiger partial charge >= 0.3 is 0 Å². The summed E-state index contributed by atoms with van der Waals surface area (Å²) in [5.41, 5.74) is 7.80. The van der Waals surface area contributed by atoms with Crippen LogP contribution in [0.25, 0.3) is 0 Å². The van der Waals surface area contributed by atoms with Crippen LogP contribution < -0.4 is 11.1 Å². The lowest BCUT2D eigenvalue weighted by molar-refractivity contribution is 0.638. The van der Waals surface area contributed by atoms with E-state index in [4.69, 9.17) is 18.0 Å². The van der Waals surface area contributed by atoms with Gasteiger partial charge in [-0.05, 0) is 24.0 Å². The maximum absolute atomic E-state index is 5.87. The second kappa shape index (κ2) is 7.31. The van der Waals surface area contributed by atoms with Crippen LogP contribution in [0.2, 0.25) is 0 Å². The zero-order valence-electron chi connectivity index (χ0n) is 11.4. The first-order chi connectivity index (χ1) is 9.72. The second-order valence-corrected chi connectivity index (χ2v) is 5.92. The van der Waals surface area contributed by atoms with Gasteiger partial charge in [0.25, 0.3) is 0 Å². The molecule has 0 radical (unpaired) electrons. The Hall–Kier alpha value is -1.53. The van der Waals surface area contributed by atoms with Gasteiger partial charge in [-0.1, -0.05) is 25.2 Å². The molecule has 0 saturated heterocycles. The van der Waals surface area contributed by atoms with Gasteiger partial charge in [-0.3, -0.25) is 4.68 Å². The summed E-state index contributed by atoms with van der Waals surface area (Å²) in [6.45, 7) is 3.69. The molecule has 4 nitrogen and oxygen atoms in total. The summed E-state index contributed by atoms with van der Waals surface area (Å²) in [7, 11) is 0. The van der Waals surface area contributed by atoms with Crippen molar-refractivity contribution in [2.24, 2.45) is 5.73 Å². The van der Waals surface area contributed by atoms with Crippen molar-refractivity contribution in [3.63, 3.8) is 0 Å². The van der Waals surface area contributed by atoms with Crippen molar-refractivity contribution in [1.29, 1.82) is 0 Å². The van der Waals surface area contributed by atoms with Crippen LogP contribution >= 0.6 is 24.0 Å². The summed E-state index contributed by atoms with van der Waals surface area (Å²) in [5, 5.41) is 7.56. The van der Waals surface area contributed by atoms with Gasteiger partial charge in [0.15, 0.2) is 0 Å². The van der Waals surface area contributed by atoms with Crippen LogP contribution in [-0.2, 0) is 6.54 Å². The van der Waals surface area contributed by atoms with Crippen LogP contribution in [0.15, 0.2) is 41.6 Å². The zero-order chi connectivity index (χ0) is 14.4. The molecule has 0 unspecified atom stereocenters. The summed E-state index contributed by atoms with van der Waals surface area (Å²) in [4.78, 5) is 1.56. The first-order valence-corrected chi connectivity index (χ1v) is 7.88. The Kier molecular flexibility index (Phi) is 5.43. The zero-order valence-corrected chi connectivity index (χ0v) is 13.0. The molecular weight excluding hydrogens is 288 g/mol. The Balaban J connectivity index is 2.09. The van der Waals surface area contributed by atoms with E-state index in [0.717, 1.165) is 35.0 Å². The summed E-state index contributed by atoms with van der Waals surface area (Å²) in [6.07, 6.45) is 3.72. The van der Waals surface area contributed by atoms with Crippen LogP contribution in [0.1, 0.15) is 12.5 Å². The fourth-order valence-electron chi connectivity index (χ4n) is 1.95. The fourth-order valence-corrected chi connectivity index (χ4v) is 3.08. The number of nitrogens with two attached hydrogens (primary N) is 1. The maximum Gasteiger partial charge on any atom is 0.107 e. The molecule has 0 aliphatic heterocycles. The van der Waals surface area contributed by atoms with Gasteiger partial charge in [0.2, 0.25) is 0 Å². The molecule has 0 saturated carbocycles. The van der Waals surface area contributed by atoms with E-state index < -0.39 is 0 Å². The standard InChI is InChI=1S/C14H18N4S2/c1-2-20-12-6-3-5-11(13(12)14(15)19)16-8-10-18-9-4-7-17-18/h3-7,9,16H,2,8,10H2,1H3,(H2,15,19). The average Bonchev–Trinajstić information content (AvgIpc) is 2.92. The molecular formula is C14H18N4S2. The minimum Gasteiger partial charge on any atom is -0.389 e. The fraction of sp³-hybridized carbons (Fsp3) is 0.286. The Labute approximate surface area is 128 Å². The van der Waals surface area contributed by atoms with Crippen molar-refractivity contribution in [2.45, 2.75) is 18.4 Å². The summed E-state index contributed by atoms with van der Waals surface area (Å²) < 4.78 is 1.89. The molecule has 0 aliphatic carbocycles. The number of hydrogen-bond acceptors (Lipinski definition) is 4. The van der Waals surface area contributed by atoms with Gasteiger partial charge in [-0.2, -0.15) is 5.10 Å². The molecule has 106 valence electrons. The van der Waals surface area contributed by atoms with E-state index >= 15 is 0 Å². The van der Waals surface area contributed by atoms with Crippen molar-refractivity contribution < 1.29 is 0 Å². The van der Waals surface area contributed by atoms with Crippen LogP contribution in [-0.4, -0.2) is 27.1 Å². The molecule has 0 amide bonds. The molecule has 6 heteroatoms. The Morgan fingerprint density at radius 2 is 2.30 bits per heavy atom. The van der Waals surface area contributed by atoms with E-state index in [9.17, 15) is 0 Å². The van der Waals surface area contributed by atoms with Gasteiger partial charge in [-0.25, -0.2) is 0 Å². The molecule has 1 aromatic heterocycles. The van der Waals surface area contributed by atoms with Crippen LogP contribution in [0.5, 0.6) is 0 Å². The van der Waals surface area contributed by atoms with E-state index in [-0.39, 0.29) is 0 Å². The van der Waals surface area contributed by atoms with E-state index in [1.165, 1.54) is 0 Å². The Morgan fingerprint density at radius 1 is 1.45 bits per heavy atom. The number of nitrogens with zero attached hydrogens (tertiary/aromatic N) is 2. The van der Waals surface area contributed by atoms with Crippen LogP contribution in [0.4, 0.5) is 5.69 Å². The van der Waals surface area contributed by atoms with Crippen molar-refractivity contribution in [3.05, 3.63) is 42.2 Å². The smallest absolute Gasteiger partial charge is 0.107 e. The highest BCUT2D eigenvalue weighted by molar-refractivity contribution is 7.99. The lowest BCUT2D eigenvalue weighted by Crippen LogP contribution is -2.17. The molecule has 3 N–H and O–H groups in total. The van der Waals surface area contributed by atoms with Crippen molar-refractivity contribution >= 4 is 34.7 Å². The van der Waals surface area contributed by atoms with Crippen LogP contribution in [0, 0.1) is 0 Å². The number of anilines is 1. The molecule has 0 atom stereocenters. The Morgan fingerprint density at radius 3 is 2.95 bits per heavy atom. The molecule has 2 rings (SSSR count). The lowest BCUT2D eigenvalue weighted by Gasteiger charge is -2.14. The quantitative estimate of drug-likeness (QED) is 0.608. The minimum atomic E-state index is 0.433. The van der Waals surface area contributed by atoms with Gasteiger partial charge in [-0.15, -0.1) is 11.8 Å². The molecule has 1 heterocycles. The molecule has 0 fully saturated rings. The third kappa shape index (κ3) is 3.74. The van der Waals surface area contributed by atoms with E-state index in [1.807, 2.05) is 29.1 Å². The van der Waals surface area contributed by atoms with Gasteiger partial charge in [0, 0.05) is 35.1 Å². The van der Waals surface area contributed by atoms with E-state index in [1.54, 1.807) is 18.0 Å². The number of thiocarbonyl (C=S) groups is 1. The predicted molar refractivity (Wildman–Crippen MR) is 89.4 cm³/mol. The highest BCUT2D eigenvalue weighted by Crippen LogP contribution is 2.28. The first-order valence-electron chi connectivity index (χ1n) is 6.49. The third-order valence-electron chi connectivity index (χ3n) is 2.79. The number of aromatic nitrogens is 2. The van der Waals surface area contributed by atoms with Gasteiger partial charge in [0.05, 0.1) is 6.54 Å². The molecule has 1 aromatic carbocycles. The summed E-state index contributed by atoms with van der Waals surface area (Å²) in [6, 6.07) is 8.01. The molecule has 0 aliphatic rings. The van der Waals surface area contributed by atoms with Gasteiger partial charge < -0.3 is 11.1 Å². The number of benzene rings is 1.